The van der Waals surface area contributed by atoms with Crippen LogP contribution in [0.4, 0.5) is 5.69 Å². The molecule has 0 unspecified atom stereocenters. The van der Waals surface area contributed by atoms with E-state index in [1.807, 2.05) is 85.9 Å². The van der Waals surface area contributed by atoms with Crippen molar-refractivity contribution in [3.8, 4) is 11.8 Å². The lowest BCUT2D eigenvalue weighted by molar-refractivity contribution is 0.0951. The lowest BCUT2D eigenvalue weighted by Crippen LogP contribution is -2.23. The SMILES string of the molecule is CN(C)c1ccc(C(=O)NCc2ccccc2C#Cc2ccnc3[nH]ccc23)cc1. The zero-order valence-corrected chi connectivity index (χ0v) is 16.9. The number of carbonyl (C=O) groups excluding carboxylic acids is 1. The van der Waals surface area contributed by atoms with Crippen LogP contribution in [0.2, 0.25) is 0 Å². The number of nitrogens with zero attached hydrogens (tertiary/aromatic N) is 2. The van der Waals surface area contributed by atoms with Crippen molar-refractivity contribution >= 4 is 22.6 Å². The monoisotopic (exact) mass is 394 g/mol. The Hall–Kier alpha value is -4.04. The number of rotatable bonds is 4. The molecule has 4 aromatic rings. The second-order valence-corrected chi connectivity index (χ2v) is 7.13. The minimum Gasteiger partial charge on any atom is -0.378 e. The van der Waals surface area contributed by atoms with E-state index in [2.05, 4.69) is 27.1 Å². The Morgan fingerprint density at radius 1 is 1.00 bits per heavy atom. The number of aromatic nitrogens is 2. The molecule has 0 fully saturated rings. The van der Waals surface area contributed by atoms with Crippen molar-refractivity contribution in [3.05, 3.63) is 95.3 Å². The molecule has 4 rings (SSSR count). The van der Waals surface area contributed by atoms with Crippen molar-refractivity contribution in [2.24, 2.45) is 0 Å². The predicted molar refractivity (Wildman–Crippen MR) is 120 cm³/mol. The van der Waals surface area contributed by atoms with E-state index < -0.39 is 0 Å². The fraction of sp³-hybridized carbons (Fsp3) is 0.120. The van der Waals surface area contributed by atoms with Gasteiger partial charge in [-0.1, -0.05) is 30.0 Å². The molecule has 5 nitrogen and oxygen atoms in total. The van der Waals surface area contributed by atoms with E-state index in [-0.39, 0.29) is 5.91 Å². The van der Waals surface area contributed by atoms with Gasteiger partial charge in [0.05, 0.1) is 0 Å². The van der Waals surface area contributed by atoms with Crippen molar-refractivity contribution in [2.45, 2.75) is 6.54 Å². The van der Waals surface area contributed by atoms with Crippen LogP contribution in [0.1, 0.15) is 27.0 Å². The van der Waals surface area contributed by atoms with E-state index >= 15 is 0 Å². The van der Waals surface area contributed by atoms with E-state index in [0.717, 1.165) is 33.4 Å². The van der Waals surface area contributed by atoms with Gasteiger partial charge >= 0.3 is 0 Å². The summed E-state index contributed by atoms with van der Waals surface area (Å²) in [5.41, 5.74) is 5.29. The molecule has 2 heterocycles. The summed E-state index contributed by atoms with van der Waals surface area (Å²) in [4.78, 5) is 21.9. The fourth-order valence-electron chi connectivity index (χ4n) is 3.19. The molecule has 30 heavy (non-hydrogen) atoms. The van der Waals surface area contributed by atoms with E-state index in [1.165, 1.54) is 0 Å². The average Bonchev–Trinajstić information content (AvgIpc) is 3.26. The summed E-state index contributed by atoms with van der Waals surface area (Å²) in [6.07, 6.45) is 3.61. The predicted octanol–water partition coefficient (Wildman–Crippen LogP) is 3.96. The van der Waals surface area contributed by atoms with E-state index in [0.29, 0.717) is 12.1 Å². The zero-order valence-electron chi connectivity index (χ0n) is 16.9. The molecule has 0 aliphatic carbocycles. The largest absolute Gasteiger partial charge is 0.378 e. The molecular formula is C25H22N4O. The van der Waals surface area contributed by atoms with Gasteiger partial charge < -0.3 is 15.2 Å². The molecule has 0 aliphatic rings. The maximum Gasteiger partial charge on any atom is 0.251 e. The number of hydrogen-bond acceptors (Lipinski definition) is 3. The number of hydrogen-bond donors (Lipinski definition) is 2. The van der Waals surface area contributed by atoms with Gasteiger partial charge in [-0.2, -0.15) is 0 Å². The Bertz CT molecular complexity index is 1240. The first-order valence-electron chi connectivity index (χ1n) is 9.69. The molecule has 1 amide bonds. The van der Waals surface area contributed by atoms with Gasteiger partial charge in [0.1, 0.15) is 5.65 Å². The van der Waals surface area contributed by atoms with Gasteiger partial charge in [0.15, 0.2) is 0 Å². The topological polar surface area (TPSA) is 61.0 Å². The van der Waals surface area contributed by atoms with Gasteiger partial charge in [-0.3, -0.25) is 4.79 Å². The summed E-state index contributed by atoms with van der Waals surface area (Å²) >= 11 is 0. The Morgan fingerprint density at radius 2 is 1.77 bits per heavy atom. The van der Waals surface area contributed by atoms with E-state index in [1.54, 1.807) is 6.20 Å². The van der Waals surface area contributed by atoms with Crippen LogP contribution in [0.15, 0.2) is 73.1 Å². The first-order valence-corrected chi connectivity index (χ1v) is 9.69. The van der Waals surface area contributed by atoms with Gasteiger partial charge in [0.25, 0.3) is 5.91 Å². The normalized spacial score (nSPS) is 10.3. The van der Waals surface area contributed by atoms with Crippen LogP contribution in [-0.4, -0.2) is 30.0 Å². The first kappa shape index (κ1) is 19.3. The van der Waals surface area contributed by atoms with E-state index in [4.69, 9.17) is 0 Å². The molecule has 2 N–H and O–H groups in total. The Balaban J connectivity index is 1.50. The lowest BCUT2D eigenvalue weighted by atomic mass is 10.1. The fourth-order valence-corrected chi connectivity index (χ4v) is 3.19. The lowest BCUT2D eigenvalue weighted by Gasteiger charge is -2.13. The summed E-state index contributed by atoms with van der Waals surface area (Å²) in [6.45, 7) is 0.412. The number of aromatic amines is 1. The van der Waals surface area contributed by atoms with Crippen molar-refractivity contribution in [1.82, 2.24) is 15.3 Å². The number of amides is 1. The third-order valence-electron chi connectivity index (χ3n) is 4.89. The molecule has 0 radical (unpaired) electrons. The third kappa shape index (κ3) is 4.18. The smallest absolute Gasteiger partial charge is 0.251 e. The van der Waals surface area contributed by atoms with Crippen LogP contribution in [-0.2, 0) is 6.54 Å². The van der Waals surface area contributed by atoms with Crippen LogP contribution >= 0.6 is 0 Å². The number of nitrogens with one attached hydrogen (secondary N) is 2. The third-order valence-corrected chi connectivity index (χ3v) is 4.89. The second-order valence-electron chi connectivity index (χ2n) is 7.13. The van der Waals surface area contributed by atoms with Gasteiger partial charge in [-0.15, -0.1) is 0 Å². The highest BCUT2D eigenvalue weighted by Gasteiger charge is 2.07. The van der Waals surface area contributed by atoms with Gasteiger partial charge in [-0.25, -0.2) is 4.98 Å². The summed E-state index contributed by atoms with van der Waals surface area (Å²) < 4.78 is 0. The van der Waals surface area contributed by atoms with Gasteiger partial charge in [0.2, 0.25) is 0 Å². The summed E-state index contributed by atoms with van der Waals surface area (Å²) in [7, 11) is 3.94. The Morgan fingerprint density at radius 3 is 2.57 bits per heavy atom. The standard InChI is InChI=1S/C25H22N4O/c1-29(2)22-11-9-20(10-12-22)25(30)28-17-21-6-4-3-5-18(21)7-8-19-13-15-26-24-23(19)14-16-27-24/h3-6,9-16H,17H2,1-2H3,(H,26,27)(H,28,30). The van der Waals surface area contributed by atoms with Crippen LogP contribution in [0.25, 0.3) is 11.0 Å². The van der Waals surface area contributed by atoms with Crippen molar-refractivity contribution < 1.29 is 4.79 Å². The summed E-state index contributed by atoms with van der Waals surface area (Å²) in [6, 6.07) is 19.3. The van der Waals surface area contributed by atoms with Crippen LogP contribution < -0.4 is 10.2 Å². The van der Waals surface area contributed by atoms with E-state index in [9.17, 15) is 4.79 Å². The van der Waals surface area contributed by atoms with Crippen molar-refractivity contribution in [3.63, 3.8) is 0 Å². The van der Waals surface area contributed by atoms with Crippen LogP contribution in [0.3, 0.4) is 0 Å². The minimum absolute atomic E-state index is 0.105. The maximum absolute atomic E-state index is 12.5. The number of benzene rings is 2. The highest BCUT2D eigenvalue weighted by molar-refractivity contribution is 5.94. The number of H-pyrrole nitrogens is 1. The number of carbonyl (C=O) groups is 1. The highest BCUT2D eigenvalue weighted by atomic mass is 16.1. The average molecular weight is 394 g/mol. The van der Waals surface area contributed by atoms with Crippen LogP contribution in [0.5, 0.6) is 0 Å². The first-order chi connectivity index (χ1) is 14.6. The summed E-state index contributed by atoms with van der Waals surface area (Å²) in [5.74, 6) is 6.38. The Kier molecular flexibility index (Phi) is 5.49. The Labute approximate surface area is 175 Å². The quantitative estimate of drug-likeness (QED) is 0.515. The molecule has 0 atom stereocenters. The second kappa shape index (κ2) is 8.54. The minimum atomic E-state index is -0.105. The van der Waals surface area contributed by atoms with Gasteiger partial charge in [0, 0.05) is 60.8 Å². The molecule has 0 saturated carbocycles. The molecule has 2 aromatic carbocycles. The molecule has 5 heteroatoms. The molecular weight excluding hydrogens is 372 g/mol. The van der Waals surface area contributed by atoms with Gasteiger partial charge in [-0.05, 0) is 48.0 Å². The number of fused-ring (bicyclic) bond motifs is 1. The maximum atomic E-state index is 12.5. The molecule has 0 bridgehead atoms. The highest BCUT2D eigenvalue weighted by Crippen LogP contribution is 2.15. The van der Waals surface area contributed by atoms with Crippen LogP contribution in [0, 0.1) is 11.8 Å². The molecule has 148 valence electrons. The van der Waals surface area contributed by atoms with Crippen molar-refractivity contribution in [2.75, 3.05) is 19.0 Å². The molecule has 2 aromatic heterocycles. The molecule has 0 spiro atoms. The number of anilines is 1. The zero-order chi connectivity index (χ0) is 20.9. The summed E-state index contributed by atoms with van der Waals surface area (Å²) in [5, 5.41) is 3.99. The molecule has 0 aliphatic heterocycles. The van der Waals surface area contributed by atoms with Crippen molar-refractivity contribution in [1.29, 1.82) is 0 Å². The molecule has 0 saturated heterocycles. The number of pyridine rings is 1.